The molecule has 0 saturated carbocycles. The van der Waals surface area contributed by atoms with Crippen LogP contribution in [0.1, 0.15) is 45.6 Å². The Hall–Kier alpha value is -2.65. The fraction of sp³-hybridized carbons (Fsp3) is 0.316. The maximum absolute atomic E-state index is 12.8. The van der Waals surface area contributed by atoms with Crippen molar-refractivity contribution in [3.8, 4) is 0 Å². The Morgan fingerprint density at radius 2 is 2.18 bits per heavy atom. The summed E-state index contributed by atoms with van der Waals surface area (Å²) in [5, 5.41) is 8.00. The van der Waals surface area contributed by atoms with E-state index in [4.69, 9.17) is 0 Å². The summed E-state index contributed by atoms with van der Waals surface area (Å²) < 4.78 is 0. The summed E-state index contributed by atoms with van der Waals surface area (Å²) in [5.41, 5.74) is 2.10. The van der Waals surface area contributed by atoms with Crippen molar-refractivity contribution in [1.82, 2.24) is 19.9 Å². The third-order valence-electron chi connectivity index (χ3n) is 4.61. The summed E-state index contributed by atoms with van der Waals surface area (Å²) in [6.07, 6.45) is 5.33. The van der Waals surface area contributed by atoms with Crippen molar-refractivity contribution in [3.05, 3.63) is 57.2 Å². The first-order valence-electron chi connectivity index (χ1n) is 8.97. The Kier molecular flexibility index (Phi) is 5.45. The standard InChI is InChI=1S/C19H19N5O2S2/c1-12-22-14(11-28-12)9-17(25)24-7-2-3-16(24)15-5-4-13(10-21-15)18(26)23-19-20-6-8-27-19/h4-6,8,10-11,16H,2-3,7,9H2,1H3,(H,20,23,26)/t16-/m1/s1. The maximum Gasteiger partial charge on any atom is 0.259 e. The third kappa shape index (κ3) is 4.10. The van der Waals surface area contributed by atoms with Gasteiger partial charge in [0.15, 0.2) is 5.13 Å². The van der Waals surface area contributed by atoms with Crippen LogP contribution in [0.2, 0.25) is 0 Å². The average molecular weight is 414 g/mol. The monoisotopic (exact) mass is 413 g/mol. The van der Waals surface area contributed by atoms with Crippen molar-refractivity contribution < 1.29 is 9.59 Å². The number of aromatic nitrogens is 3. The number of carbonyl (C=O) groups excluding carboxylic acids is 2. The molecule has 7 nitrogen and oxygen atoms in total. The van der Waals surface area contributed by atoms with E-state index in [1.807, 2.05) is 23.3 Å². The molecule has 1 N–H and O–H groups in total. The second kappa shape index (κ2) is 8.15. The molecule has 0 radical (unpaired) electrons. The highest BCUT2D eigenvalue weighted by atomic mass is 32.1. The zero-order valence-electron chi connectivity index (χ0n) is 15.3. The van der Waals surface area contributed by atoms with Crippen LogP contribution in [0.5, 0.6) is 0 Å². The van der Waals surface area contributed by atoms with E-state index in [9.17, 15) is 9.59 Å². The second-order valence-corrected chi connectivity index (χ2v) is 8.50. The number of hydrogen-bond donors (Lipinski definition) is 1. The van der Waals surface area contributed by atoms with Crippen LogP contribution in [0.15, 0.2) is 35.3 Å². The first-order valence-corrected chi connectivity index (χ1v) is 10.7. The molecule has 0 bridgehead atoms. The third-order valence-corrected chi connectivity index (χ3v) is 6.13. The lowest BCUT2D eigenvalue weighted by atomic mass is 10.1. The molecule has 3 aromatic heterocycles. The van der Waals surface area contributed by atoms with Crippen LogP contribution in [-0.2, 0) is 11.2 Å². The summed E-state index contributed by atoms with van der Waals surface area (Å²) in [5.74, 6) is -0.174. The van der Waals surface area contributed by atoms with Gasteiger partial charge in [0.25, 0.3) is 5.91 Å². The topological polar surface area (TPSA) is 88.1 Å². The molecule has 28 heavy (non-hydrogen) atoms. The van der Waals surface area contributed by atoms with E-state index in [0.29, 0.717) is 17.1 Å². The predicted molar refractivity (Wildman–Crippen MR) is 109 cm³/mol. The van der Waals surface area contributed by atoms with E-state index >= 15 is 0 Å². The number of anilines is 1. The largest absolute Gasteiger partial charge is 0.334 e. The molecule has 4 heterocycles. The summed E-state index contributed by atoms with van der Waals surface area (Å²) in [4.78, 5) is 39.8. The van der Waals surface area contributed by atoms with Crippen LogP contribution in [0.4, 0.5) is 5.13 Å². The first kappa shape index (κ1) is 18.7. The molecule has 2 amide bonds. The zero-order chi connectivity index (χ0) is 19.5. The van der Waals surface area contributed by atoms with Gasteiger partial charge in [0.2, 0.25) is 5.91 Å². The highest BCUT2D eigenvalue weighted by molar-refractivity contribution is 7.13. The molecule has 0 aromatic carbocycles. The van der Waals surface area contributed by atoms with Crippen LogP contribution in [0.25, 0.3) is 0 Å². The second-order valence-electron chi connectivity index (χ2n) is 6.54. The fourth-order valence-corrected chi connectivity index (χ4v) is 4.45. The van der Waals surface area contributed by atoms with Gasteiger partial charge in [-0.1, -0.05) is 0 Å². The lowest BCUT2D eigenvalue weighted by molar-refractivity contribution is -0.131. The van der Waals surface area contributed by atoms with Gasteiger partial charge in [0.1, 0.15) is 0 Å². The van der Waals surface area contributed by atoms with Gasteiger partial charge in [0.05, 0.1) is 34.4 Å². The van der Waals surface area contributed by atoms with Gasteiger partial charge in [-0.05, 0) is 31.9 Å². The molecule has 0 spiro atoms. The number of nitrogens with one attached hydrogen (secondary N) is 1. The summed E-state index contributed by atoms with van der Waals surface area (Å²) in [6, 6.07) is 3.53. The predicted octanol–water partition coefficient (Wildman–Crippen LogP) is 3.46. The summed E-state index contributed by atoms with van der Waals surface area (Å²) in [7, 11) is 0. The maximum atomic E-state index is 12.8. The summed E-state index contributed by atoms with van der Waals surface area (Å²) in [6.45, 7) is 2.66. The number of carbonyl (C=O) groups is 2. The fourth-order valence-electron chi connectivity index (χ4n) is 3.31. The van der Waals surface area contributed by atoms with Gasteiger partial charge in [-0.15, -0.1) is 22.7 Å². The Morgan fingerprint density at radius 3 is 2.86 bits per heavy atom. The van der Waals surface area contributed by atoms with Crippen LogP contribution in [0.3, 0.4) is 0 Å². The molecule has 9 heteroatoms. The minimum Gasteiger partial charge on any atom is -0.334 e. The Bertz CT molecular complexity index is 969. The number of thiazole rings is 2. The van der Waals surface area contributed by atoms with Crippen LogP contribution >= 0.6 is 22.7 Å². The molecular weight excluding hydrogens is 394 g/mol. The van der Waals surface area contributed by atoms with Crippen molar-refractivity contribution in [1.29, 1.82) is 0 Å². The SMILES string of the molecule is Cc1nc(CC(=O)N2CCC[C@@H]2c2ccc(C(=O)Nc3nccs3)cn2)cs1. The summed E-state index contributed by atoms with van der Waals surface area (Å²) >= 11 is 2.92. The molecule has 3 aromatic rings. The van der Waals surface area contributed by atoms with Crippen LogP contribution in [-0.4, -0.2) is 38.2 Å². The average Bonchev–Trinajstić information content (AvgIpc) is 3.44. The van der Waals surface area contributed by atoms with E-state index < -0.39 is 0 Å². The van der Waals surface area contributed by atoms with Crippen LogP contribution in [0, 0.1) is 6.92 Å². The Balaban J connectivity index is 1.43. The molecule has 1 aliphatic rings. The van der Waals surface area contributed by atoms with E-state index in [-0.39, 0.29) is 17.9 Å². The smallest absolute Gasteiger partial charge is 0.259 e. The van der Waals surface area contributed by atoms with Crippen molar-refractivity contribution in [2.75, 3.05) is 11.9 Å². The highest BCUT2D eigenvalue weighted by Crippen LogP contribution is 2.31. The van der Waals surface area contributed by atoms with Gasteiger partial charge in [-0.3, -0.25) is 19.9 Å². The van der Waals surface area contributed by atoms with Gasteiger partial charge >= 0.3 is 0 Å². The normalized spacial score (nSPS) is 16.3. The van der Waals surface area contributed by atoms with E-state index in [1.165, 1.54) is 11.3 Å². The minimum absolute atomic E-state index is 0.0525. The molecule has 0 aliphatic carbocycles. The number of amides is 2. The number of aryl methyl sites for hydroxylation is 1. The Labute approximate surface area is 170 Å². The molecular formula is C19H19N5O2S2. The lowest BCUT2D eigenvalue weighted by Crippen LogP contribution is -2.32. The molecule has 0 unspecified atom stereocenters. The zero-order valence-corrected chi connectivity index (χ0v) is 16.9. The van der Waals surface area contributed by atoms with Crippen LogP contribution < -0.4 is 5.32 Å². The van der Waals surface area contributed by atoms with Crippen molar-refractivity contribution in [3.63, 3.8) is 0 Å². The van der Waals surface area contributed by atoms with Crippen molar-refractivity contribution >= 4 is 39.6 Å². The molecule has 4 rings (SSSR count). The minimum atomic E-state index is -0.243. The number of likely N-dealkylation sites (tertiary alicyclic amines) is 1. The van der Waals surface area contributed by atoms with E-state index in [1.54, 1.807) is 35.2 Å². The van der Waals surface area contributed by atoms with Gasteiger partial charge < -0.3 is 4.90 Å². The molecule has 1 fully saturated rings. The van der Waals surface area contributed by atoms with Gasteiger partial charge in [-0.2, -0.15) is 0 Å². The first-order chi connectivity index (χ1) is 13.6. The van der Waals surface area contributed by atoms with Gasteiger partial charge in [-0.25, -0.2) is 9.97 Å². The van der Waals surface area contributed by atoms with Crippen molar-refractivity contribution in [2.45, 2.75) is 32.2 Å². The molecule has 1 aliphatic heterocycles. The molecule has 1 saturated heterocycles. The van der Waals surface area contributed by atoms with Crippen molar-refractivity contribution in [2.24, 2.45) is 0 Å². The van der Waals surface area contributed by atoms with E-state index in [0.717, 1.165) is 35.8 Å². The number of rotatable bonds is 5. The lowest BCUT2D eigenvalue weighted by Gasteiger charge is -2.24. The quantitative estimate of drug-likeness (QED) is 0.692. The number of pyridine rings is 1. The number of nitrogens with zero attached hydrogens (tertiary/aromatic N) is 4. The highest BCUT2D eigenvalue weighted by Gasteiger charge is 2.31. The molecule has 1 atom stereocenters. The molecule has 144 valence electrons. The Morgan fingerprint density at radius 1 is 1.29 bits per heavy atom. The van der Waals surface area contributed by atoms with E-state index in [2.05, 4.69) is 20.3 Å². The number of hydrogen-bond acceptors (Lipinski definition) is 7. The van der Waals surface area contributed by atoms with Gasteiger partial charge in [0, 0.05) is 29.7 Å².